The predicted octanol–water partition coefficient (Wildman–Crippen LogP) is 2.09. The van der Waals surface area contributed by atoms with Crippen molar-refractivity contribution >= 4 is 17.6 Å². The van der Waals surface area contributed by atoms with E-state index in [0.717, 1.165) is 37.3 Å². The van der Waals surface area contributed by atoms with Gasteiger partial charge in [-0.25, -0.2) is 4.98 Å². The Morgan fingerprint density at radius 3 is 2.52 bits per heavy atom. The summed E-state index contributed by atoms with van der Waals surface area (Å²) in [5.41, 5.74) is 0.985. The molecule has 0 aliphatic carbocycles. The van der Waals surface area contributed by atoms with E-state index in [1.165, 1.54) is 32.6 Å². The molecular formula is C19H28N4O2. The van der Waals surface area contributed by atoms with Crippen LogP contribution in [0.5, 0.6) is 0 Å². The SMILES string of the molecule is CC(=O)N1CCC[C@@H]1C(=O)NCc1ccc(N2CCCCCC2)nc1. The number of aromatic nitrogens is 1. The standard InChI is InChI=1S/C19H28N4O2/c1-15(24)23-12-6-7-17(23)19(25)21-14-16-8-9-18(20-13-16)22-10-4-2-3-5-11-22/h8-9,13,17H,2-7,10-12,14H2,1H3,(H,21,25)/t17-/m1/s1. The Morgan fingerprint density at radius 2 is 1.88 bits per heavy atom. The number of likely N-dealkylation sites (tertiary alicyclic amines) is 1. The van der Waals surface area contributed by atoms with E-state index in [2.05, 4.69) is 15.2 Å². The van der Waals surface area contributed by atoms with Gasteiger partial charge in [-0.15, -0.1) is 0 Å². The molecule has 25 heavy (non-hydrogen) atoms. The van der Waals surface area contributed by atoms with Crippen molar-refractivity contribution in [1.29, 1.82) is 0 Å². The second-order valence-electron chi connectivity index (χ2n) is 7.01. The summed E-state index contributed by atoms with van der Waals surface area (Å²) in [6, 6.07) is 3.76. The first-order valence-corrected chi connectivity index (χ1v) is 9.40. The van der Waals surface area contributed by atoms with E-state index in [0.29, 0.717) is 13.1 Å². The molecule has 3 heterocycles. The molecule has 136 valence electrons. The molecule has 3 rings (SSSR count). The molecule has 1 aromatic rings. The smallest absolute Gasteiger partial charge is 0.243 e. The third-order valence-corrected chi connectivity index (χ3v) is 5.17. The van der Waals surface area contributed by atoms with E-state index >= 15 is 0 Å². The van der Waals surface area contributed by atoms with Gasteiger partial charge in [-0.1, -0.05) is 18.9 Å². The molecule has 2 amide bonds. The number of carbonyl (C=O) groups is 2. The van der Waals surface area contributed by atoms with Crippen LogP contribution in [-0.4, -0.2) is 47.4 Å². The second-order valence-corrected chi connectivity index (χ2v) is 7.01. The first-order chi connectivity index (χ1) is 12.1. The minimum atomic E-state index is -0.318. The van der Waals surface area contributed by atoms with Gasteiger partial charge in [0.15, 0.2) is 0 Å². The van der Waals surface area contributed by atoms with Crippen molar-refractivity contribution in [2.24, 2.45) is 0 Å². The number of carbonyl (C=O) groups excluding carboxylic acids is 2. The average molecular weight is 344 g/mol. The highest BCUT2D eigenvalue weighted by atomic mass is 16.2. The monoisotopic (exact) mass is 344 g/mol. The molecule has 0 spiro atoms. The van der Waals surface area contributed by atoms with Gasteiger partial charge in [-0.3, -0.25) is 9.59 Å². The molecule has 1 aromatic heterocycles. The quantitative estimate of drug-likeness (QED) is 0.908. The Kier molecular flexibility index (Phi) is 5.89. The zero-order valence-corrected chi connectivity index (χ0v) is 15.0. The minimum Gasteiger partial charge on any atom is -0.357 e. The van der Waals surface area contributed by atoms with Crippen LogP contribution in [0, 0.1) is 0 Å². The van der Waals surface area contributed by atoms with Crippen LogP contribution in [0.2, 0.25) is 0 Å². The zero-order chi connectivity index (χ0) is 17.6. The van der Waals surface area contributed by atoms with Gasteiger partial charge in [0.05, 0.1) is 0 Å². The van der Waals surface area contributed by atoms with Crippen LogP contribution < -0.4 is 10.2 Å². The van der Waals surface area contributed by atoms with Gasteiger partial charge in [-0.05, 0) is 37.3 Å². The highest BCUT2D eigenvalue weighted by Gasteiger charge is 2.31. The first kappa shape index (κ1) is 17.7. The topological polar surface area (TPSA) is 65.5 Å². The molecule has 1 N–H and O–H groups in total. The average Bonchev–Trinajstić information content (AvgIpc) is 2.96. The number of nitrogens with zero attached hydrogens (tertiary/aromatic N) is 3. The lowest BCUT2D eigenvalue weighted by molar-refractivity contribution is -0.136. The maximum atomic E-state index is 12.4. The van der Waals surface area contributed by atoms with Crippen molar-refractivity contribution in [1.82, 2.24) is 15.2 Å². The molecule has 2 saturated heterocycles. The van der Waals surface area contributed by atoms with Crippen LogP contribution >= 0.6 is 0 Å². The summed E-state index contributed by atoms with van der Waals surface area (Å²) in [5.74, 6) is 0.931. The van der Waals surface area contributed by atoms with E-state index < -0.39 is 0 Å². The Balaban J connectivity index is 1.53. The number of pyridine rings is 1. The normalized spacial score (nSPS) is 21.1. The van der Waals surface area contributed by atoms with E-state index in [9.17, 15) is 9.59 Å². The Labute approximate surface area is 149 Å². The number of amides is 2. The van der Waals surface area contributed by atoms with E-state index in [4.69, 9.17) is 0 Å². The maximum absolute atomic E-state index is 12.4. The van der Waals surface area contributed by atoms with Gasteiger partial charge in [0.1, 0.15) is 11.9 Å². The number of nitrogens with one attached hydrogen (secondary N) is 1. The third-order valence-electron chi connectivity index (χ3n) is 5.17. The summed E-state index contributed by atoms with van der Waals surface area (Å²) in [6.07, 6.45) is 8.55. The molecule has 1 atom stereocenters. The number of rotatable bonds is 4. The molecule has 0 aromatic carbocycles. The lowest BCUT2D eigenvalue weighted by Gasteiger charge is -2.23. The molecule has 0 bridgehead atoms. The van der Waals surface area contributed by atoms with Gasteiger partial charge < -0.3 is 15.1 Å². The van der Waals surface area contributed by atoms with E-state index in [-0.39, 0.29) is 17.9 Å². The van der Waals surface area contributed by atoms with Gasteiger partial charge in [0, 0.05) is 39.3 Å². The van der Waals surface area contributed by atoms with Crippen molar-refractivity contribution in [3.63, 3.8) is 0 Å². The summed E-state index contributed by atoms with van der Waals surface area (Å²) < 4.78 is 0. The number of anilines is 1. The van der Waals surface area contributed by atoms with Crippen LogP contribution in [0.3, 0.4) is 0 Å². The van der Waals surface area contributed by atoms with Gasteiger partial charge in [0.25, 0.3) is 0 Å². The molecule has 2 aliphatic heterocycles. The van der Waals surface area contributed by atoms with E-state index in [1.807, 2.05) is 18.3 Å². The van der Waals surface area contributed by atoms with Crippen LogP contribution in [0.4, 0.5) is 5.82 Å². The van der Waals surface area contributed by atoms with Crippen LogP contribution in [-0.2, 0) is 16.1 Å². The van der Waals surface area contributed by atoms with Crippen molar-refractivity contribution in [2.45, 2.75) is 58.0 Å². The summed E-state index contributed by atoms with van der Waals surface area (Å²) in [5, 5.41) is 2.95. The van der Waals surface area contributed by atoms with Crippen LogP contribution in [0.15, 0.2) is 18.3 Å². The molecule has 0 radical (unpaired) electrons. The highest BCUT2D eigenvalue weighted by molar-refractivity contribution is 5.87. The lowest BCUT2D eigenvalue weighted by Crippen LogP contribution is -2.44. The van der Waals surface area contributed by atoms with Crippen molar-refractivity contribution in [2.75, 3.05) is 24.5 Å². The fraction of sp³-hybridized carbons (Fsp3) is 0.632. The maximum Gasteiger partial charge on any atom is 0.243 e. The Morgan fingerprint density at radius 1 is 1.12 bits per heavy atom. The second kappa shape index (κ2) is 8.32. The Bertz CT molecular complexity index is 594. The molecule has 2 fully saturated rings. The molecule has 6 nitrogen and oxygen atoms in total. The zero-order valence-electron chi connectivity index (χ0n) is 15.0. The summed E-state index contributed by atoms with van der Waals surface area (Å²) in [4.78, 5) is 32.5. The third kappa shape index (κ3) is 4.50. The highest BCUT2D eigenvalue weighted by Crippen LogP contribution is 2.19. The van der Waals surface area contributed by atoms with Gasteiger partial charge >= 0.3 is 0 Å². The molecular weight excluding hydrogens is 316 g/mol. The fourth-order valence-electron chi connectivity index (χ4n) is 3.73. The van der Waals surface area contributed by atoms with Crippen molar-refractivity contribution in [3.05, 3.63) is 23.9 Å². The molecule has 6 heteroatoms. The first-order valence-electron chi connectivity index (χ1n) is 9.40. The van der Waals surface area contributed by atoms with Gasteiger partial charge in [-0.2, -0.15) is 0 Å². The van der Waals surface area contributed by atoms with Crippen molar-refractivity contribution < 1.29 is 9.59 Å². The van der Waals surface area contributed by atoms with E-state index in [1.54, 1.807) is 4.90 Å². The number of hydrogen-bond donors (Lipinski definition) is 1. The molecule has 0 saturated carbocycles. The predicted molar refractivity (Wildman–Crippen MR) is 97.2 cm³/mol. The molecule has 2 aliphatic rings. The molecule has 0 unspecified atom stereocenters. The fourth-order valence-corrected chi connectivity index (χ4v) is 3.73. The lowest BCUT2D eigenvalue weighted by atomic mass is 10.2. The number of hydrogen-bond acceptors (Lipinski definition) is 4. The van der Waals surface area contributed by atoms with Crippen molar-refractivity contribution in [3.8, 4) is 0 Å². The summed E-state index contributed by atoms with van der Waals surface area (Å²) >= 11 is 0. The minimum absolute atomic E-state index is 0.0267. The summed E-state index contributed by atoms with van der Waals surface area (Å²) in [6.45, 7) is 4.81. The largest absolute Gasteiger partial charge is 0.357 e. The van der Waals surface area contributed by atoms with Crippen LogP contribution in [0.25, 0.3) is 0 Å². The summed E-state index contributed by atoms with van der Waals surface area (Å²) in [7, 11) is 0. The Hall–Kier alpha value is -2.11. The van der Waals surface area contributed by atoms with Crippen LogP contribution in [0.1, 0.15) is 51.0 Å². The van der Waals surface area contributed by atoms with Gasteiger partial charge in [0.2, 0.25) is 11.8 Å².